The fourth-order valence-corrected chi connectivity index (χ4v) is 5.78. The highest BCUT2D eigenvalue weighted by Gasteiger charge is 2.35. The van der Waals surface area contributed by atoms with Gasteiger partial charge in [-0.1, -0.05) is 36.8 Å². The molecule has 2 aliphatic rings. The van der Waals surface area contributed by atoms with Crippen molar-refractivity contribution in [1.82, 2.24) is 9.55 Å². The van der Waals surface area contributed by atoms with Crippen molar-refractivity contribution in [2.24, 2.45) is 5.92 Å². The number of nitrogens with zero attached hydrogens (tertiary/aromatic N) is 3. The zero-order valence-electron chi connectivity index (χ0n) is 20.1. The molecule has 184 valence electrons. The van der Waals surface area contributed by atoms with Gasteiger partial charge in [-0.2, -0.15) is 0 Å². The van der Waals surface area contributed by atoms with Crippen LogP contribution >= 0.6 is 0 Å². The van der Waals surface area contributed by atoms with Crippen LogP contribution in [0.25, 0.3) is 11.0 Å². The Hall–Kier alpha value is -3.39. The number of hydrogen-bond acceptors (Lipinski definition) is 5. The average Bonchev–Trinajstić information content (AvgIpc) is 3.28. The molecule has 1 aromatic heterocycles. The van der Waals surface area contributed by atoms with Crippen molar-refractivity contribution in [3.8, 4) is 0 Å². The molecule has 4 atom stereocenters. The highest BCUT2D eigenvalue weighted by molar-refractivity contribution is 5.95. The molecule has 0 unspecified atom stereocenters. The van der Waals surface area contributed by atoms with Gasteiger partial charge in [0.2, 0.25) is 0 Å². The molecule has 2 heterocycles. The molecule has 3 aromatic rings. The van der Waals surface area contributed by atoms with Crippen LogP contribution in [0.3, 0.4) is 0 Å². The third-order valence-corrected chi connectivity index (χ3v) is 7.57. The van der Waals surface area contributed by atoms with Gasteiger partial charge in [-0.15, -0.1) is 0 Å². The van der Waals surface area contributed by atoms with Gasteiger partial charge in [0.1, 0.15) is 11.9 Å². The number of aliphatic carboxylic acids is 1. The molecule has 35 heavy (non-hydrogen) atoms. The molecule has 1 aliphatic carbocycles. The molecule has 1 amide bonds. The average molecular weight is 478 g/mol. The number of aliphatic hydroxyl groups excluding tert-OH is 1. The number of methoxy groups -OCH3 is 1. The zero-order chi connectivity index (χ0) is 24.7. The highest BCUT2D eigenvalue weighted by atomic mass is 16.5. The lowest BCUT2D eigenvalue weighted by Gasteiger charge is -2.34. The first-order valence-corrected chi connectivity index (χ1v) is 12.3. The van der Waals surface area contributed by atoms with Gasteiger partial charge in [-0.25, -0.2) is 9.78 Å². The summed E-state index contributed by atoms with van der Waals surface area (Å²) in [7, 11) is 1.38. The topological polar surface area (TPSA) is 105 Å². The van der Waals surface area contributed by atoms with Gasteiger partial charge in [0.05, 0.1) is 29.7 Å². The quantitative estimate of drug-likeness (QED) is 0.557. The summed E-state index contributed by atoms with van der Waals surface area (Å²) >= 11 is 0. The Balaban J connectivity index is 1.69. The number of aliphatic hydroxyl groups is 1. The van der Waals surface area contributed by atoms with Crippen molar-refractivity contribution in [3.63, 3.8) is 0 Å². The van der Waals surface area contributed by atoms with E-state index in [1.165, 1.54) is 7.11 Å². The predicted molar refractivity (Wildman–Crippen MR) is 132 cm³/mol. The van der Waals surface area contributed by atoms with Crippen LogP contribution in [0.5, 0.6) is 0 Å². The summed E-state index contributed by atoms with van der Waals surface area (Å²) in [5.74, 6) is -0.676. The second-order valence-electron chi connectivity index (χ2n) is 9.67. The summed E-state index contributed by atoms with van der Waals surface area (Å²) in [6.07, 6.45) is 2.96. The normalized spacial score (nSPS) is 23.1. The zero-order valence-corrected chi connectivity index (χ0v) is 20.1. The molecular formula is C27H31N3O5. The van der Waals surface area contributed by atoms with Gasteiger partial charge < -0.3 is 19.5 Å². The molecular weight excluding hydrogens is 446 g/mol. The standard InChI is InChI=1S/C27H31N3O5/c1-16-11-12-20-21(29(16)27(34)35-2)13-14-22-23(20)28-25(24(31)17-7-4-3-5-8-17)30(22)19-10-6-9-18(15-19)26(32)33/h3-5,7-8,13-14,16,18-19,24,31H,6,9-12,15H2,1-2H3,(H,32,33)/t16-,18-,19+,24-/m0/s1. The molecule has 1 fully saturated rings. The first-order chi connectivity index (χ1) is 16.9. The highest BCUT2D eigenvalue weighted by Crippen LogP contribution is 2.42. The Morgan fingerprint density at radius 2 is 1.89 bits per heavy atom. The molecule has 8 heteroatoms. The maximum Gasteiger partial charge on any atom is 0.414 e. The van der Waals surface area contributed by atoms with Gasteiger partial charge in [0.25, 0.3) is 0 Å². The van der Waals surface area contributed by atoms with E-state index < -0.39 is 24.1 Å². The minimum Gasteiger partial charge on any atom is -0.481 e. The van der Waals surface area contributed by atoms with Gasteiger partial charge in [0.15, 0.2) is 0 Å². The Morgan fingerprint density at radius 1 is 1.11 bits per heavy atom. The number of fused-ring (bicyclic) bond motifs is 3. The van der Waals surface area contributed by atoms with E-state index in [1.54, 1.807) is 4.90 Å². The molecule has 5 rings (SSSR count). The summed E-state index contributed by atoms with van der Waals surface area (Å²) in [5, 5.41) is 21.1. The molecule has 0 radical (unpaired) electrons. The largest absolute Gasteiger partial charge is 0.481 e. The molecule has 2 N–H and O–H groups in total. The molecule has 1 saturated carbocycles. The number of aromatic nitrogens is 2. The SMILES string of the molecule is COC(=O)N1c2ccc3c(nc([C@@H](O)c4ccccc4)n3[C@@H]3CCC[C@H](C(=O)O)C3)c2CC[C@@H]1C. The van der Waals surface area contributed by atoms with E-state index in [-0.39, 0.29) is 12.1 Å². The van der Waals surface area contributed by atoms with Crippen molar-refractivity contribution in [2.45, 2.75) is 63.6 Å². The van der Waals surface area contributed by atoms with E-state index in [9.17, 15) is 19.8 Å². The third-order valence-electron chi connectivity index (χ3n) is 7.57. The van der Waals surface area contributed by atoms with Crippen LogP contribution in [0, 0.1) is 5.92 Å². The number of carboxylic acids is 1. The van der Waals surface area contributed by atoms with Gasteiger partial charge in [-0.3, -0.25) is 9.69 Å². The summed E-state index contributed by atoms with van der Waals surface area (Å²) in [5.41, 5.74) is 4.08. The number of hydrogen-bond donors (Lipinski definition) is 2. The number of amides is 1. The second kappa shape index (κ2) is 9.34. The van der Waals surface area contributed by atoms with Crippen molar-refractivity contribution < 1.29 is 24.5 Å². The van der Waals surface area contributed by atoms with Crippen LogP contribution in [0.1, 0.15) is 68.1 Å². The number of aryl methyl sites for hydroxylation is 1. The van der Waals surface area contributed by atoms with Gasteiger partial charge >= 0.3 is 12.1 Å². The number of carboxylic acid groups (broad SMARTS) is 1. The molecule has 8 nitrogen and oxygen atoms in total. The maximum absolute atomic E-state index is 12.6. The van der Waals surface area contributed by atoms with E-state index in [4.69, 9.17) is 9.72 Å². The Kier molecular flexibility index (Phi) is 6.23. The first kappa shape index (κ1) is 23.4. The molecule has 0 saturated heterocycles. The number of rotatable bonds is 4. The lowest BCUT2D eigenvalue weighted by Crippen LogP contribution is -2.42. The lowest BCUT2D eigenvalue weighted by atomic mass is 9.85. The number of carbonyl (C=O) groups excluding carboxylic acids is 1. The van der Waals surface area contributed by atoms with E-state index in [1.807, 2.05) is 49.4 Å². The minimum atomic E-state index is -0.955. The van der Waals surface area contributed by atoms with Crippen LogP contribution in [-0.2, 0) is 16.0 Å². The van der Waals surface area contributed by atoms with E-state index >= 15 is 0 Å². The van der Waals surface area contributed by atoms with Crippen molar-refractivity contribution in [3.05, 3.63) is 59.4 Å². The van der Waals surface area contributed by atoms with Crippen LogP contribution < -0.4 is 4.90 Å². The molecule has 0 bridgehead atoms. The second-order valence-corrected chi connectivity index (χ2v) is 9.67. The van der Waals surface area contributed by atoms with Gasteiger partial charge in [0, 0.05) is 17.6 Å². The van der Waals surface area contributed by atoms with E-state index in [0.29, 0.717) is 18.7 Å². The van der Waals surface area contributed by atoms with Crippen molar-refractivity contribution in [2.75, 3.05) is 12.0 Å². The predicted octanol–water partition coefficient (Wildman–Crippen LogP) is 4.84. The number of carbonyl (C=O) groups is 2. The fraction of sp³-hybridized carbons (Fsp3) is 0.444. The Bertz CT molecular complexity index is 1250. The number of anilines is 1. The minimum absolute atomic E-state index is 0.00136. The monoisotopic (exact) mass is 477 g/mol. The van der Waals surface area contributed by atoms with Crippen molar-refractivity contribution in [1.29, 1.82) is 0 Å². The fourth-order valence-electron chi connectivity index (χ4n) is 5.78. The maximum atomic E-state index is 12.6. The summed E-state index contributed by atoms with van der Waals surface area (Å²) in [6, 6.07) is 13.2. The summed E-state index contributed by atoms with van der Waals surface area (Å²) in [6.45, 7) is 2.00. The molecule has 1 aliphatic heterocycles. The molecule has 2 aromatic carbocycles. The van der Waals surface area contributed by atoms with E-state index in [0.717, 1.165) is 53.5 Å². The van der Waals surface area contributed by atoms with Crippen LogP contribution in [0.15, 0.2) is 42.5 Å². The lowest BCUT2D eigenvalue weighted by molar-refractivity contribution is -0.143. The van der Waals surface area contributed by atoms with Gasteiger partial charge in [-0.05, 0) is 56.7 Å². The Labute approximate surface area is 204 Å². The number of ether oxygens (including phenoxy) is 1. The van der Waals surface area contributed by atoms with Crippen molar-refractivity contribution >= 4 is 28.8 Å². The Morgan fingerprint density at radius 3 is 2.60 bits per heavy atom. The molecule has 0 spiro atoms. The first-order valence-electron chi connectivity index (χ1n) is 12.3. The van der Waals surface area contributed by atoms with Crippen LogP contribution in [0.2, 0.25) is 0 Å². The number of benzene rings is 2. The van der Waals surface area contributed by atoms with Crippen LogP contribution in [-0.4, -0.2) is 45.0 Å². The summed E-state index contributed by atoms with van der Waals surface area (Å²) < 4.78 is 7.11. The smallest absolute Gasteiger partial charge is 0.414 e. The number of imidazole rings is 1. The third kappa shape index (κ3) is 4.05. The van der Waals surface area contributed by atoms with Crippen LogP contribution in [0.4, 0.5) is 10.5 Å². The van der Waals surface area contributed by atoms with E-state index in [2.05, 4.69) is 4.57 Å². The summed E-state index contributed by atoms with van der Waals surface area (Å²) in [4.78, 5) is 31.0.